The smallest absolute Gasteiger partial charge is 0.409 e. The van der Waals surface area contributed by atoms with Gasteiger partial charge in [-0.15, -0.1) is 0 Å². The third-order valence-electron chi connectivity index (χ3n) is 4.86. The molecule has 0 radical (unpaired) electrons. The molecular weight excluding hydrogens is 387 g/mol. The van der Waals surface area contributed by atoms with Gasteiger partial charge in [-0.1, -0.05) is 0 Å². The van der Waals surface area contributed by atoms with E-state index in [1.807, 2.05) is 24.6 Å². The third-order valence-corrected chi connectivity index (χ3v) is 4.86. The summed E-state index contributed by atoms with van der Waals surface area (Å²) in [4.78, 5) is 22.7. The fourth-order valence-corrected chi connectivity index (χ4v) is 3.51. The Hall–Kier alpha value is -3.49. The van der Waals surface area contributed by atoms with Crippen molar-refractivity contribution < 1.29 is 13.9 Å². The van der Waals surface area contributed by atoms with Crippen LogP contribution in [0.3, 0.4) is 0 Å². The maximum Gasteiger partial charge on any atom is 0.409 e. The molecule has 8 nitrogen and oxygen atoms in total. The van der Waals surface area contributed by atoms with Crippen LogP contribution in [0, 0.1) is 5.82 Å². The molecule has 1 amide bonds. The van der Waals surface area contributed by atoms with E-state index in [1.54, 1.807) is 23.2 Å². The van der Waals surface area contributed by atoms with Gasteiger partial charge in [-0.05, 0) is 44.2 Å². The first-order valence-corrected chi connectivity index (χ1v) is 9.74. The van der Waals surface area contributed by atoms with Gasteiger partial charge in [-0.3, -0.25) is 4.68 Å². The second-order valence-electron chi connectivity index (χ2n) is 7.36. The average Bonchev–Trinajstić information content (AvgIpc) is 3.12. The summed E-state index contributed by atoms with van der Waals surface area (Å²) in [7, 11) is 1.37. The van der Waals surface area contributed by atoms with E-state index < -0.39 is 0 Å². The zero-order valence-corrected chi connectivity index (χ0v) is 17.1. The molecule has 1 aliphatic rings. The van der Waals surface area contributed by atoms with Gasteiger partial charge in [-0.2, -0.15) is 5.10 Å². The van der Waals surface area contributed by atoms with Crippen molar-refractivity contribution in [1.82, 2.24) is 24.6 Å². The molecule has 0 saturated carbocycles. The lowest BCUT2D eigenvalue weighted by Gasteiger charge is -2.27. The molecular formula is C21H23FN6O2. The number of anilines is 1. The molecule has 4 rings (SSSR count). The number of methoxy groups -OCH3 is 1. The maximum absolute atomic E-state index is 13.5. The molecule has 0 fully saturated rings. The maximum atomic E-state index is 13.5. The number of hydrogen-bond donors (Lipinski definition) is 1. The molecule has 9 heteroatoms. The molecule has 1 N–H and O–H groups in total. The van der Waals surface area contributed by atoms with Crippen molar-refractivity contribution in [2.45, 2.75) is 33.0 Å². The standard InChI is InChI=1S/C21H23FN6O2/c1-13(2)24-20-23-9-8-16(25-20)18-17-12-27(21(29)30-3)10-11-28(17)26-19(18)14-4-6-15(22)7-5-14/h4-9,13H,10-12H2,1-3H3,(H,23,24,25). The summed E-state index contributed by atoms with van der Waals surface area (Å²) in [6.45, 7) is 5.38. The van der Waals surface area contributed by atoms with Crippen molar-refractivity contribution >= 4 is 12.0 Å². The Bertz CT molecular complexity index is 1060. The van der Waals surface area contributed by atoms with E-state index in [2.05, 4.69) is 15.3 Å². The minimum absolute atomic E-state index is 0.174. The van der Waals surface area contributed by atoms with Crippen molar-refractivity contribution in [2.24, 2.45) is 0 Å². The van der Waals surface area contributed by atoms with Crippen LogP contribution in [0.15, 0.2) is 36.5 Å². The van der Waals surface area contributed by atoms with Crippen LogP contribution < -0.4 is 5.32 Å². The van der Waals surface area contributed by atoms with Crippen LogP contribution in [0.4, 0.5) is 15.1 Å². The monoisotopic (exact) mass is 410 g/mol. The average molecular weight is 410 g/mol. The summed E-state index contributed by atoms with van der Waals surface area (Å²) in [5, 5.41) is 7.98. The SMILES string of the molecule is COC(=O)N1CCn2nc(-c3ccc(F)cc3)c(-c3ccnc(NC(C)C)n3)c2C1. The summed E-state index contributed by atoms with van der Waals surface area (Å²) >= 11 is 0. The number of nitrogens with one attached hydrogen (secondary N) is 1. The molecule has 3 aromatic rings. The van der Waals surface area contributed by atoms with Crippen molar-refractivity contribution in [3.05, 3.63) is 48.0 Å². The van der Waals surface area contributed by atoms with Crippen LogP contribution in [0.2, 0.25) is 0 Å². The van der Waals surface area contributed by atoms with E-state index in [9.17, 15) is 9.18 Å². The highest BCUT2D eigenvalue weighted by atomic mass is 19.1. The summed E-state index contributed by atoms with van der Waals surface area (Å²) in [5.74, 6) is 0.194. The Morgan fingerprint density at radius 3 is 2.67 bits per heavy atom. The summed E-state index contributed by atoms with van der Waals surface area (Å²) in [6.07, 6.45) is 1.30. The van der Waals surface area contributed by atoms with Gasteiger partial charge < -0.3 is 15.0 Å². The van der Waals surface area contributed by atoms with Crippen LogP contribution >= 0.6 is 0 Å². The number of hydrogen-bond acceptors (Lipinski definition) is 6. The molecule has 0 unspecified atom stereocenters. The van der Waals surface area contributed by atoms with E-state index in [-0.39, 0.29) is 18.0 Å². The quantitative estimate of drug-likeness (QED) is 0.708. The van der Waals surface area contributed by atoms with E-state index in [4.69, 9.17) is 9.84 Å². The van der Waals surface area contributed by atoms with Crippen LogP contribution in [0.1, 0.15) is 19.5 Å². The van der Waals surface area contributed by atoms with Crippen LogP contribution in [0.5, 0.6) is 0 Å². The molecule has 0 saturated heterocycles. The lowest BCUT2D eigenvalue weighted by molar-refractivity contribution is 0.111. The first-order valence-electron chi connectivity index (χ1n) is 9.74. The second-order valence-corrected chi connectivity index (χ2v) is 7.36. The third kappa shape index (κ3) is 3.83. The zero-order valence-electron chi connectivity index (χ0n) is 17.1. The van der Waals surface area contributed by atoms with E-state index in [1.165, 1.54) is 19.2 Å². The highest BCUT2D eigenvalue weighted by molar-refractivity contribution is 5.82. The number of rotatable bonds is 4. The number of carbonyl (C=O) groups is 1. The Morgan fingerprint density at radius 1 is 1.20 bits per heavy atom. The Morgan fingerprint density at radius 2 is 1.97 bits per heavy atom. The first kappa shape index (κ1) is 19.8. The van der Waals surface area contributed by atoms with Gasteiger partial charge in [0.1, 0.15) is 11.5 Å². The molecule has 1 aromatic carbocycles. The largest absolute Gasteiger partial charge is 0.453 e. The highest BCUT2D eigenvalue weighted by Crippen LogP contribution is 2.36. The highest BCUT2D eigenvalue weighted by Gasteiger charge is 2.29. The minimum Gasteiger partial charge on any atom is -0.453 e. The van der Waals surface area contributed by atoms with Gasteiger partial charge in [-0.25, -0.2) is 19.2 Å². The fraction of sp³-hybridized carbons (Fsp3) is 0.333. The molecule has 156 valence electrons. The molecule has 1 aliphatic heterocycles. The number of aromatic nitrogens is 4. The second kappa shape index (κ2) is 8.10. The predicted octanol–water partition coefficient (Wildman–Crippen LogP) is 3.55. The van der Waals surface area contributed by atoms with Gasteiger partial charge in [0.2, 0.25) is 5.95 Å². The molecule has 30 heavy (non-hydrogen) atoms. The lowest BCUT2D eigenvalue weighted by Crippen LogP contribution is -2.38. The molecule has 0 atom stereocenters. The number of fused-ring (bicyclic) bond motifs is 1. The van der Waals surface area contributed by atoms with Gasteiger partial charge in [0.15, 0.2) is 0 Å². The zero-order chi connectivity index (χ0) is 21.3. The normalized spacial score (nSPS) is 13.3. The van der Waals surface area contributed by atoms with E-state index in [0.717, 1.165) is 16.8 Å². The number of nitrogens with zero attached hydrogens (tertiary/aromatic N) is 5. The summed E-state index contributed by atoms with van der Waals surface area (Å²) in [6, 6.07) is 8.19. The van der Waals surface area contributed by atoms with Crippen molar-refractivity contribution in [1.29, 1.82) is 0 Å². The topological polar surface area (TPSA) is 85.2 Å². The first-order chi connectivity index (χ1) is 14.5. The van der Waals surface area contributed by atoms with Crippen molar-refractivity contribution in [3.8, 4) is 22.5 Å². The summed E-state index contributed by atoms with van der Waals surface area (Å²) < 4.78 is 20.3. The van der Waals surface area contributed by atoms with Crippen LogP contribution in [0.25, 0.3) is 22.5 Å². The van der Waals surface area contributed by atoms with Crippen LogP contribution in [-0.4, -0.2) is 50.4 Å². The number of benzene rings is 1. The van der Waals surface area contributed by atoms with Crippen molar-refractivity contribution in [2.75, 3.05) is 19.0 Å². The Balaban J connectivity index is 1.85. The lowest BCUT2D eigenvalue weighted by atomic mass is 10.0. The van der Waals surface area contributed by atoms with Gasteiger partial charge in [0.25, 0.3) is 0 Å². The van der Waals surface area contributed by atoms with Gasteiger partial charge in [0, 0.05) is 24.3 Å². The molecule has 0 bridgehead atoms. The number of amides is 1. The number of carbonyl (C=O) groups excluding carboxylic acids is 1. The molecule has 3 heterocycles. The van der Waals surface area contributed by atoms with E-state index in [0.29, 0.717) is 37.0 Å². The minimum atomic E-state index is -0.387. The Labute approximate surface area is 173 Å². The van der Waals surface area contributed by atoms with Gasteiger partial charge >= 0.3 is 6.09 Å². The molecule has 2 aromatic heterocycles. The molecule has 0 spiro atoms. The predicted molar refractivity (Wildman–Crippen MR) is 110 cm³/mol. The Kier molecular flexibility index (Phi) is 5.35. The fourth-order valence-electron chi connectivity index (χ4n) is 3.51. The van der Waals surface area contributed by atoms with Gasteiger partial charge in [0.05, 0.1) is 37.2 Å². The van der Waals surface area contributed by atoms with Crippen LogP contribution in [-0.2, 0) is 17.8 Å². The molecule has 0 aliphatic carbocycles. The summed E-state index contributed by atoms with van der Waals surface area (Å²) in [5.41, 5.74) is 3.78. The number of halogens is 1. The van der Waals surface area contributed by atoms with E-state index >= 15 is 0 Å². The number of ether oxygens (including phenoxy) is 1. The van der Waals surface area contributed by atoms with Crippen molar-refractivity contribution in [3.63, 3.8) is 0 Å².